The molecule has 0 saturated carbocycles. The van der Waals surface area contributed by atoms with E-state index in [0.29, 0.717) is 22.6 Å². The van der Waals surface area contributed by atoms with E-state index in [2.05, 4.69) is 9.97 Å². The fourth-order valence-electron chi connectivity index (χ4n) is 3.01. The van der Waals surface area contributed by atoms with Gasteiger partial charge < -0.3 is 15.0 Å². The number of Topliss-reactive ketones (excluding diaryl/α,β-unsaturated/α-hetero) is 1. The molecule has 3 N–H and O–H groups in total. The van der Waals surface area contributed by atoms with Crippen molar-refractivity contribution in [2.75, 3.05) is 11.4 Å². The summed E-state index contributed by atoms with van der Waals surface area (Å²) in [7, 11) is 0. The Hall–Kier alpha value is -3.41. The van der Waals surface area contributed by atoms with Gasteiger partial charge in [-0.2, -0.15) is 0 Å². The second-order valence-corrected chi connectivity index (χ2v) is 5.97. The zero-order valence-corrected chi connectivity index (χ0v) is 13.6. The van der Waals surface area contributed by atoms with Crippen LogP contribution in [0.2, 0.25) is 0 Å². The predicted octanol–water partition coefficient (Wildman–Crippen LogP) is 3.53. The number of hydrogen-bond donors (Lipinski definition) is 3. The molecule has 0 atom stereocenters. The molecule has 0 fully saturated rings. The van der Waals surface area contributed by atoms with Crippen molar-refractivity contribution in [3.8, 4) is 0 Å². The lowest BCUT2D eigenvalue weighted by Crippen LogP contribution is -2.26. The summed E-state index contributed by atoms with van der Waals surface area (Å²) >= 11 is 0. The third-order valence-electron chi connectivity index (χ3n) is 4.29. The van der Waals surface area contributed by atoms with Crippen molar-refractivity contribution in [2.45, 2.75) is 6.92 Å². The number of fused-ring (bicyclic) bond motifs is 1. The summed E-state index contributed by atoms with van der Waals surface area (Å²) in [6.07, 6.45) is 0. The number of H-pyrrole nitrogens is 1. The molecule has 25 heavy (non-hydrogen) atoms. The number of carbonyl (C=O) groups is 1. The molecule has 0 unspecified atom stereocenters. The fourth-order valence-corrected chi connectivity index (χ4v) is 3.01. The average molecular weight is 332 g/mol. The van der Waals surface area contributed by atoms with Crippen molar-refractivity contribution in [1.29, 1.82) is 5.41 Å². The summed E-state index contributed by atoms with van der Waals surface area (Å²) in [6.45, 7) is 1.68. The van der Waals surface area contributed by atoms with Gasteiger partial charge in [-0.05, 0) is 31.2 Å². The Kier molecular flexibility index (Phi) is 3.39. The summed E-state index contributed by atoms with van der Waals surface area (Å²) in [5, 5.41) is 18.9. The highest BCUT2D eigenvalue weighted by Gasteiger charge is 2.31. The monoisotopic (exact) mass is 332 g/mol. The molecule has 0 bridgehead atoms. The van der Waals surface area contributed by atoms with Crippen molar-refractivity contribution in [3.05, 3.63) is 65.7 Å². The van der Waals surface area contributed by atoms with Crippen molar-refractivity contribution >= 4 is 33.9 Å². The largest absolute Gasteiger partial charge is 0.509 e. The minimum absolute atomic E-state index is 0.0396. The van der Waals surface area contributed by atoms with Gasteiger partial charge in [-0.25, -0.2) is 4.98 Å². The van der Waals surface area contributed by atoms with Crippen molar-refractivity contribution < 1.29 is 9.90 Å². The number of aromatic amines is 1. The van der Waals surface area contributed by atoms with Gasteiger partial charge in [0.05, 0.1) is 23.2 Å². The SMILES string of the molecule is CC(=O)c1cccc(N2CC(O)=C(c3nc4ccccc4[nH]3)C2=N)c1. The topological polar surface area (TPSA) is 93.1 Å². The molecule has 6 nitrogen and oxygen atoms in total. The van der Waals surface area contributed by atoms with Crippen LogP contribution in [0.15, 0.2) is 54.3 Å². The third kappa shape index (κ3) is 2.48. The third-order valence-corrected chi connectivity index (χ3v) is 4.29. The summed E-state index contributed by atoms with van der Waals surface area (Å²) in [4.78, 5) is 20.9. The standard InChI is InChI=1S/C19H16N4O2/c1-11(24)12-5-4-6-13(9-12)23-10-16(25)17(18(23)20)19-21-14-7-2-3-8-15(14)22-19/h2-9,20,25H,10H2,1H3,(H,21,22). The Bertz CT molecular complexity index is 1020. The Labute approximate surface area is 143 Å². The van der Waals surface area contributed by atoms with E-state index in [-0.39, 0.29) is 23.9 Å². The number of aliphatic hydroxyl groups excluding tert-OH is 1. The highest BCUT2D eigenvalue weighted by Crippen LogP contribution is 2.31. The van der Waals surface area contributed by atoms with E-state index in [1.165, 1.54) is 6.92 Å². The van der Waals surface area contributed by atoms with Crippen molar-refractivity contribution in [1.82, 2.24) is 9.97 Å². The van der Waals surface area contributed by atoms with Crippen LogP contribution in [0.25, 0.3) is 16.6 Å². The number of aliphatic hydroxyl groups is 1. The molecule has 124 valence electrons. The molecule has 2 aromatic carbocycles. The molecular formula is C19H16N4O2. The molecule has 0 amide bonds. The molecule has 1 aliphatic heterocycles. The van der Waals surface area contributed by atoms with Crippen LogP contribution in [0.4, 0.5) is 5.69 Å². The molecule has 3 aromatic rings. The molecule has 0 aliphatic carbocycles. The Morgan fingerprint density at radius 1 is 1.24 bits per heavy atom. The number of ketones is 1. The van der Waals surface area contributed by atoms with Crippen LogP contribution in [0, 0.1) is 5.41 Å². The van der Waals surface area contributed by atoms with Crippen LogP contribution >= 0.6 is 0 Å². The fraction of sp³-hybridized carbons (Fsp3) is 0.105. The molecule has 6 heteroatoms. The number of carbonyl (C=O) groups excluding carboxylic acids is 1. The van der Waals surface area contributed by atoms with Crippen molar-refractivity contribution in [3.63, 3.8) is 0 Å². The van der Waals surface area contributed by atoms with E-state index in [9.17, 15) is 9.90 Å². The normalized spacial score (nSPS) is 14.6. The maximum Gasteiger partial charge on any atom is 0.159 e. The van der Waals surface area contributed by atoms with Gasteiger partial charge in [0.1, 0.15) is 17.4 Å². The minimum Gasteiger partial charge on any atom is -0.509 e. The predicted molar refractivity (Wildman–Crippen MR) is 97.2 cm³/mol. The number of rotatable bonds is 3. The van der Waals surface area contributed by atoms with Crippen LogP contribution in [0.5, 0.6) is 0 Å². The molecule has 0 saturated heterocycles. The number of aromatic nitrogens is 2. The maximum atomic E-state index is 11.6. The number of benzene rings is 2. The lowest BCUT2D eigenvalue weighted by molar-refractivity contribution is 0.101. The second-order valence-electron chi connectivity index (χ2n) is 5.97. The molecule has 2 heterocycles. The van der Waals surface area contributed by atoms with Gasteiger partial charge in [0.25, 0.3) is 0 Å². The molecule has 0 spiro atoms. The number of nitrogens with one attached hydrogen (secondary N) is 2. The Morgan fingerprint density at radius 3 is 2.80 bits per heavy atom. The summed E-state index contributed by atoms with van der Waals surface area (Å²) in [6, 6.07) is 14.6. The van der Waals surface area contributed by atoms with Gasteiger partial charge in [-0.1, -0.05) is 24.3 Å². The van der Waals surface area contributed by atoms with Gasteiger partial charge in [0.2, 0.25) is 0 Å². The van der Waals surface area contributed by atoms with Gasteiger partial charge in [0, 0.05) is 11.3 Å². The quantitative estimate of drug-likeness (QED) is 0.640. The number of para-hydroxylation sites is 2. The Balaban J connectivity index is 1.72. The molecule has 1 aromatic heterocycles. The van der Waals surface area contributed by atoms with Crippen LogP contribution < -0.4 is 4.90 Å². The zero-order valence-electron chi connectivity index (χ0n) is 13.6. The van der Waals surface area contributed by atoms with Crippen molar-refractivity contribution in [2.24, 2.45) is 0 Å². The van der Waals surface area contributed by atoms with Gasteiger partial charge in [0.15, 0.2) is 5.78 Å². The first-order valence-corrected chi connectivity index (χ1v) is 7.89. The molecule has 1 aliphatic rings. The smallest absolute Gasteiger partial charge is 0.159 e. The lowest BCUT2D eigenvalue weighted by Gasteiger charge is -2.19. The number of amidine groups is 1. The number of hydrogen-bond acceptors (Lipinski definition) is 4. The first-order chi connectivity index (χ1) is 12.0. The highest BCUT2D eigenvalue weighted by molar-refractivity contribution is 6.30. The van der Waals surface area contributed by atoms with Crippen LogP contribution in [0.1, 0.15) is 23.1 Å². The van der Waals surface area contributed by atoms with Gasteiger partial charge in [-0.3, -0.25) is 10.2 Å². The van der Waals surface area contributed by atoms with E-state index in [1.54, 1.807) is 23.1 Å². The molecule has 4 rings (SSSR count). The number of nitrogens with zero attached hydrogens (tertiary/aromatic N) is 2. The molecular weight excluding hydrogens is 316 g/mol. The summed E-state index contributed by atoms with van der Waals surface area (Å²) < 4.78 is 0. The summed E-state index contributed by atoms with van der Waals surface area (Å²) in [5.41, 5.74) is 3.27. The average Bonchev–Trinajstić information content (AvgIpc) is 3.15. The number of imidazole rings is 1. The molecule has 0 radical (unpaired) electrons. The van der Waals surface area contributed by atoms with Crippen LogP contribution in [-0.2, 0) is 0 Å². The lowest BCUT2D eigenvalue weighted by atomic mass is 10.1. The maximum absolute atomic E-state index is 11.6. The first-order valence-electron chi connectivity index (χ1n) is 7.89. The zero-order chi connectivity index (χ0) is 17.6. The van der Waals surface area contributed by atoms with E-state index < -0.39 is 0 Å². The number of anilines is 1. The highest BCUT2D eigenvalue weighted by atomic mass is 16.3. The second kappa shape index (κ2) is 5.59. The Morgan fingerprint density at radius 2 is 2.04 bits per heavy atom. The summed E-state index contributed by atoms with van der Waals surface area (Å²) in [5.74, 6) is 0.658. The van der Waals surface area contributed by atoms with E-state index in [4.69, 9.17) is 5.41 Å². The van der Waals surface area contributed by atoms with Crippen LogP contribution in [0.3, 0.4) is 0 Å². The van der Waals surface area contributed by atoms with E-state index >= 15 is 0 Å². The minimum atomic E-state index is -0.0396. The van der Waals surface area contributed by atoms with Gasteiger partial charge in [-0.15, -0.1) is 0 Å². The van der Waals surface area contributed by atoms with Crippen LogP contribution in [-0.4, -0.2) is 33.2 Å². The first kappa shape index (κ1) is 15.1. The van der Waals surface area contributed by atoms with E-state index in [0.717, 1.165) is 11.0 Å². The van der Waals surface area contributed by atoms with E-state index in [1.807, 2.05) is 30.3 Å². The van der Waals surface area contributed by atoms with Gasteiger partial charge >= 0.3 is 0 Å².